The van der Waals surface area contributed by atoms with E-state index in [9.17, 15) is 13.5 Å². The Kier molecular flexibility index (Phi) is 4.95. The van der Waals surface area contributed by atoms with Crippen LogP contribution in [-0.2, 0) is 10.1 Å². The normalized spacial score (nSPS) is 14.2. The molecule has 6 heteroatoms. The van der Waals surface area contributed by atoms with Gasteiger partial charge in [-0.05, 0) is 38.5 Å². The molecule has 0 unspecified atom stereocenters. The van der Waals surface area contributed by atoms with Crippen molar-refractivity contribution in [1.29, 1.82) is 0 Å². The van der Waals surface area contributed by atoms with Gasteiger partial charge < -0.3 is 14.6 Å². The minimum atomic E-state index is -3.51. The maximum Gasteiger partial charge on any atom is 0.306 e. The van der Waals surface area contributed by atoms with Crippen molar-refractivity contribution in [2.45, 2.75) is 32.4 Å². The lowest BCUT2D eigenvalue weighted by atomic mass is 10.1. The molecule has 0 saturated heterocycles. The first-order valence-corrected chi connectivity index (χ1v) is 7.81. The highest BCUT2D eigenvalue weighted by Crippen LogP contribution is 2.19. The topological polar surface area (TPSA) is 75.6 Å². The molecule has 0 aliphatic carbocycles. The van der Waals surface area contributed by atoms with Gasteiger partial charge in [0.1, 0.15) is 5.75 Å². The summed E-state index contributed by atoms with van der Waals surface area (Å²) in [5.74, 6) is 0.238. The zero-order chi connectivity index (χ0) is 14.7. The van der Waals surface area contributed by atoms with Crippen molar-refractivity contribution >= 4 is 10.1 Å². The third-order valence-corrected chi connectivity index (χ3v) is 2.83. The van der Waals surface area contributed by atoms with E-state index in [0.717, 1.165) is 6.26 Å². The number of rotatable bonds is 5. The summed E-state index contributed by atoms with van der Waals surface area (Å²) in [6, 6.07) is 6.35. The van der Waals surface area contributed by atoms with E-state index >= 15 is 0 Å². The molecule has 2 N–H and O–H groups in total. The van der Waals surface area contributed by atoms with Gasteiger partial charge in [0.2, 0.25) is 0 Å². The number of β-amino-alcohol motifs (C(OH)–C–C–N with tert-alkyl or cyclic N) is 1. The fourth-order valence-electron chi connectivity index (χ4n) is 1.44. The summed E-state index contributed by atoms with van der Waals surface area (Å²) in [4.78, 5) is 0. The van der Waals surface area contributed by atoms with Crippen LogP contribution in [-0.4, -0.2) is 31.9 Å². The first kappa shape index (κ1) is 15.9. The quantitative estimate of drug-likeness (QED) is 0.802. The van der Waals surface area contributed by atoms with Crippen LogP contribution < -0.4 is 9.50 Å². The Hall–Kier alpha value is -1.11. The van der Waals surface area contributed by atoms with Crippen molar-refractivity contribution in [3.05, 3.63) is 29.8 Å². The molecule has 0 saturated carbocycles. The standard InChI is InChI=1S/C13H21NO4S/c1-13(2,3)14-9-12(15)10-5-7-11(8-6-10)18-19(4,16)17/h5-8,12,14-15H,9H2,1-4H3/t12-/m1/s1. The Labute approximate surface area is 114 Å². The molecule has 5 nitrogen and oxygen atoms in total. The van der Waals surface area contributed by atoms with E-state index in [1.807, 2.05) is 20.8 Å². The van der Waals surface area contributed by atoms with E-state index in [4.69, 9.17) is 4.18 Å². The Balaban J connectivity index is 2.65. The predicted octanol–water partition coefficient (Wildman–Crippen LogP) is 1.45. The van der Waals surface area contributed by atoms with Crippen LogP contribution in [0.2, 0.25) is 0 Å². The smallest absolute Gasteiger partial charge is 0.306 e. The molecule has 0 aliphatic heterocycles. The highest BCUT2D eigenvalue weighted by Gasteiger charge is 2.14. The van der Waals surface area contributed by atoms with Crippen LogP contribution in [0, 0.1) is 0 Å². The van der Waals surface area contributed by atoms with Gasteiger partial charge in [-0.3, -0.25) is 0 Å². The summed E-state index contributed by atoms with van der Waals surface area (Å²) in [6.45, 7) is 6.48. The van der Waals surface area contributed by atoms with Gasteiger partial charge in [-0.1, -0.05) is 12.1 Å². The number of benzene rings is 1. The van der Waals surface area contributed by atoms with Crippen molar-refractivity contribution in [2.24, 2.45) is 0 Å². The van der Waals surface area contributed by atoms with E-state index in [-0.39, 0.29) is 11.3 Å². The Morgan fingerprint density at radius 3 is 2.21 bits per heavy atom. The molecule has 0 bridgehead atoms. The lowest BCUT2D eigenvalue weighted by molar-refractivity contribution is 0.163. The summed E-state index contributed by atoms with van der Waals surface area (Å²) in [5, 5.41) is 13.2. The molecule has 0 aromatic heterocycles. The number of hydrogen-bond acceptors (Lipinski definition) is 5. The molecule has 0 amide bonds. The van der Waals surface area contributed by atoms with Gasteiger partial charge in [-0.2, -0.15) is 8.42 Å². The lowest BCUT2D eigenvalue weighted by Crippen LogP contribution is -2.38. The van der Waals surface area contributed by atoms with E-state index in [1.165, 1.54) is 12.1 Å². The number of nitrogens with one attached hydrogen (secondary N) is 1. The van der Waals surface area contributed by atoms with Crippen LogP contribution >= 0.6 is 0 Å². The summed E-state index contributed by atoms with van der Waals surface area (Å²) in [5.41, 5.74) is 0.637. The van der Waals surface area contributed by atoms with Gasteiger partial charge in [-0.25, -0.2) is 0 Å². The third kappa shape index (κ3) is 6.56. The van der Waals surface area contributed by atoms with E-state index in [2.05, 4.69) is 5.32 Å². The van der Waals surface area contributed by atoms with E-state index in [1.54, 1.807) is 12.1 Å². The van der Waals surface area contributed by atoms with Crippen molar-refractivity contribution in [3.63, 3.8) is 0 Å². The van der Waals surface area contributed by atoms with Crippen LogP contribution in [0.25, 0.3) is 0 Å². The average Bonchev–Trinajstić information content (AvgIpc) is 2.23. The monoisotopic (exact) mass is 287 g/mol. The first-order valence-electron chi connectivity index (χ1n) is 5.99. The first-order chi connectivity index (χ1) is 8.57. The molecule has 0 heterocycles. The fraction of sp³-hybridized carbons (Fsp3) is 0.538. The average molecular weight is 287 g/mol. The molecule has 1 atom stereocenters. The molecule has 108 valence electrons. The van der Waals surface area contributed by atoms with Crippen LogP contribution in [0.4, 0.5) is 0 Å². The summed E-state index contributed by atoms with van der Waals surface area (Å²) < 4.78 is 26.6. The lowest BCUT2D eigenvalue weighted by Gasteiger charge is -2.23. The van der Waals surface area contributed by atoms with Crippen molar-refractivity contribution in [3.8, 4) is 5.75 Å². The van der Waals surface area contributed by atoms with Crippen molar-refractivity contribution < 1.29 is 17.7 Å². The highest BCUT2D eigenvalue weighted by molar-refractivity contribution is 7.86. The minimum absolute atomic E-state index is 0.0691. The molecule has 0 aliphatic rings. The molecule has 0 radical (unpaired) electrons. The van der Waals surface area contributed by atoms with Gasteiger partial charge in [0.05, 0.1) is 12.4 Å². The highest BCUT2D eigenvalue weighted by atomic mass is 32.2. The van der Waals surface area contributed by atoms with E-state index in [0.29, 0.717) is 12.1 Å². The van der Waals surface area contributed by atoms with Crippen molar-refractivity contribution in [2.75, 3.05) is 12.8 Å². The summed E-state index contributed by atoms with van der Waals surface area (Å²) >= 11 is 0. The van der Waals surface area contributed by atoms with Crippen LogP contribution in [0.5, 0.6) is 5.75 Å². The molecule has 0 spiro atoms. The maximum absolute atomic E-state index is 11.0. The third-order valence-electron chi connectivity index (χ3n) is 2.34. The van der Waals surface area contributed by atoms with Crippen LogP contribution in [0.1, 0.15) is 32.4 Å². The number of aliphatic hydroxyl groups excluding tert-OH is 1. The van der Waals surface area contributed by atoms with Gasteiger partial charge in [-0.15, -0.1) is 0 Å². The molecule has 1 aromatic rings. The second kappa shape index (κ2) is 5.90. The predicted molar refractivity (Wildman–Crippen MR) is 74.6 cm³/mol. The van der Waals surface area contributed by atoms with Gasteiger partial charge in [0.15, 0.2) is 0 Å². The maximum atomic E-state index is 11.0. The van der Waals surface area contributed by atoms with Crippen molar-refractivity contribution in [1.82, 2.24) is 5.32 Å². The van der Waals surface area contributed by atoms with Gasteiger partial charge in [0.25, 0.3) is 0 Å². The molecular formula is C13H21NO4S. The SMILES string of the molecule is CC(C)(C)NC[C@@H](O)c1ccc(OS(C)(=O)=O)cc1. The van der Waals surface area contributed by atoms with E-state index < -0.39 is 16.2 Å². The minimum Gasteiger partial charge on any atom is -0.387 e. The Morgan fingerprint density at radius 1 is 1.26 bits per heavy atom. The zero-order valence-corrected chi connectivity index (χ0v) is 12.5. The van der Waals surface area contributed by atoms with Crippen LogP contribution in [0.15, 0.2) is 24.3 Å². The molecule has 1 rings (SSSR count). The largest absolute Gasteiger partial charge is 0.387 e. The van der Waals surface area contributed by atoms with Gasteiger partial charge in [0, 0.05) is 12.1 Å². The van der Waals surface area contributed by atoms with Gasteiger partial charge >= 0.3 is 10.1 Å². The zero-order valence-electron chi connectivity index (χ0n) is 11.7. The second-order valence-corrected chi connectivity index (χ2v) is 7.08. The number of aliphatic hydroxyl groups is 1. The summed E-state index contributed by atoms with van der Waals surface area (Å²) in [6.07, 6.45) is 0.342. The van der Waals surface area contributed by atoms with Crippen LogP contribution in [0.3, 0.4) is 0 Å². The Morgan fingerprint density at radius 2 is 1.79 bits per heavy atom. The molecule has 1 aromatic carbocycles. The molecular weight excluding hydrogens is 266 g/mol. The fourth-order valence-corrected chi connectivity index (χ4v) is 1.90. The Bertz CT molecular complexity index is 502. The second-order valence-electron chi connectivity index (χ2n) is 5.50. The number of hydrogen-bond donors (Lipinski definition) is 2. The summed E-state index contributed by atoms with van der Waals surface area (Å²) in [7, 11) is -3.51. The molecule has 19 heavy (non-hydrogen) atoms. The molecule has 0 fully saturated rings.